The third-order valence-corrected chi connectivity index (χ3v) is 4.56. The van der Waals surface area contributed by atoms with Gasteiger partial charge in [0.1, 0.15) is 6.10 Å². The molecule has 0 saturated heterocycles. The first-order chi connectivity index (χ1) is 7.19. The molecule has 16 heavy (non-hydrogen) atoms. The van der Waals surface area contributed by atoms with Gasteiger partial charge in [0.05, 0.1) is 5.69 Å². The molecule has 0 N–H and O–H groups in total. The molecule has 1 aliphatic carbocycles. The van der Waals surface area contributed by atoms with Crippen LogP contribution >= 0.6 is 27.7 Å². The van der Waals surface area contributed by atoms with Crippen LogP contribution in [-0.2, 0) is 0 Å². The summed E-state index contributed by atoms with van der Waals surface area (Å²) in [5.41, 5.74) is 0.980. The summed E-state index contributed by atoms with van der Waals surface area (Å²) in [6, 6.07) is 3.91. The fourth-order valence-electron chi connectivity index (χ4n) is 1.56. The van der Waals surface area contributed by atoms with E-state index < -0.39 is 0 Å². The van der Waals surface area contributed by atoms with Gasteiger partial charge in [-0.05, 0) is 48.0 Å². The van der Waals surface area contributed by atoms with E-state index in [1.165, 1.54) is 0 Å². The van der Waals surface area contributed by atoms with Crippen LogP contribution in [0.4, 0.5) is 0 Å². The van der Waals surface area contributed by atoms with Gasteiger partial charge in [-0.1, -0.05) is 0 Å². The molecule has 1 fully saturated rings. The van der Waals surface area contributed by atoms with Crippen LogP contribution < -0.4 is 4.74 Å². The van der Waals surface area contributed by atoms with Crippen molar-refractivity contribution in [3.8, 4) is 5.88 Å². The van der Waals surface area contributed by atoms with Crippen LogP contribution in [0.1, 0.15) is 18.5 Å². The second-order valence-electron chi connectivity index (χ2n) is 3.79. The molecule has 0 aliphatic heterocycles. The summed E-state index contributed by atoms with van der Waals surface area (Å²) in [5.74, 6) is 0.750. The summed E-state index contributed by atoms with van der Waals surface area (Å²) in [6.45, 7) is 1.97. The third-order valence-electron chi connectivity index (χ3n) is 2.67. The number of thioether (sulfide) groups is 1. The molecule has 1 aromatic heterocycles. The molecule has 1 aromatic rings. The Morgan fingerprint density at radius 2 is 2.12 bits per heavy atom. The van der Waals surface area contributed by atoms with Crippen LogP contribution in [-0.4, -0.2) is 52.2 Å². The molecular weight excluding hydrogens is 297 g/mol. The Kier molecular flexibility index (Phi) is 6.16. The predicted octanol–water partition coefficient (Wildman–Crippen LogP) is 2.78. The molecule has 0 spiro atoms. The molecule has 1 saturated carbocycles. The van der Waals surface area contributed by atoms with Crippen LogP contribution in [0, 0.1) is 6.92 Å². The SMILES string of the molecule is CSC1CC(Oc2ccc(Br)c(C)n2)C1.[NaH]. The first-order valence-corrected chi connectivity index (χ1v) is 7.09. The van der Waals surface area contributed by atoms with Gasteiger partial charge in [-0.3, -0.25) is 0 Å². The van der Waals surface area contributed by atoms with Crippen LogP contribution in [0.25, 0.3) is 0 Å². The number of hydrogen-bond acceptors (Lipinski definition) is 3. The molecule has 5 heteroatoms. The molecule has 0 amide bonds. The zero-order valence-electron chi connectivity index (χ0n) is 8.87. The Labute approximate surface area is 131 Å². The molecule has 0 bridgehead atoms. The number of ether oxygens (including phenoxy) is 1. The van der Waals surface area contributed by atoms with E-state index in [-0.39, 0.29) is 29.6 Å². The van der Waals surface area contributed by atoms with Crippen molar-refractivity contribution in [2.75, 3.05) is 6.26 Å². The second-order valence-corrected chi connectivity index (χ2v) is 5.78. The maximum absolute atomic E-state index is 5.77. The molecule has 2 nitrogen and oxygen atoms in total. The Hall–Kier alpha value is 0.780. The third kappa shape index (κ3) is 3.64. The fraction of sp³-hybridized carbons (Fsp3) is 0.545. The number of aromatic nitrogens is 1. The van der Waals surface area contributed by atoms with Crippen LogP contribution in [0.5, 0.6) is 5.88 Å². The number of rotatable bonds is 3. The molecule has 2 rings (SSSR count). The zero-order chi connectivity index (χ0) is 10.8. The summed E-state index contributed by atoms with van der Waals surface area (Å²) >= 11 is 5.35. The van der Waals surface area contributed by atoms with E-state index in [4.69, 9.17) is 4.74 Å². The van der Waals surface area contributed by atoms with Crippen molar-refractivity contribution in [3.05, 3.63) is 22.3 Å². The summed E-state index contributed by atoms with van der Waals surface area (Å²) in [7, 11) is 0. The van der Waals surface area contributed by atoms with Gasteiger partial charge in [-0.15, -0.1) is 0 Å². The van der Waals surface area contributed by atoms with Crippen LogP contribution in [0.2, 0.25) is 0 Å². The number of nitrogens with zero attached hydrogens (tertiary/aromatic N) is 1. The molecule has 0 aromatic carbocycles. The van der Waals surface area contributed by atoms with Crippen LogP contribution in [0.3, 0.4) is 0 Å². The summed E-state index contributed by atoms with van der Waals surface area (Å²) < 4.78 is 6.81. The molecule has 0 atom stereocenters. The van der Waals surface area contributed by atoms with Crippen molar-refractivity contribution >= 4 is 57.2 Å². The van der Waals surface area contributed by atoms with Gasteiger partial charge in [0, 0.05) is 15.8 Å². The topological polar surface area (TPSA) is 22.1 Å². The van der Waals surface area contributed by atoms with Gasteiger partial charge in [0.25, 0.3) is 0 Å². The van der Waals surface area contributed by atoms with Gasteiger partial charge in [-0.2, -0.15) is 11.8 Å². The van der Waals surface area contributed by atoms with Gasteiger partial charge >= 0.3 is 29.6 Å². The van der Waals surface area contributed by atoms with Gasteiger partial charge in [0.15, 0.2) is 0 Å². The zero-order valence-corrected chi connectivity index (χ0v) is 11.3. The van der Waals surface area contributed by atoms with E-state index >= 15 is 0 Å². The van der Waals surface area contributed by atoms with E-state index in [1.807, 2.05) is 30.8 Å². The molecule has 0 unspecified atom stereocenters. The Balaban J connectivity index is 0.00000128. The molecule has 0 radical (unpaired) electrons. The minimum absolute atomic E-state index is 0. The Bertz CT molecular complexity index is 358. The van der Waals surface area contributed by atoms with E-state index in [0.717, 1.165) is 34.1 Å². The average molecular weight is 312 g/mol. The number of aryl methyl sites for hydroxylation is 1. The van der Waals surface area contributed by atoms with E-state index in [2.05, 4.69) is 27.2 Å². The second kappa shape index (κ2) is 6.64. The number of pyridine rings is 1. The van der Waals surface area contributed by atoms with E-state index in [9.17, 15) is 0 Å². The molecule has 1 aliphatic rings. The molecule has 84 valence electrons. The summed E-state index contributed by atoms with van der Waals surface area (Å²) in [4.78, 5) is 4.37. The van der Waals surface area contributed by atoms with E-state index in [1.54, 1.807) is 0 Å². The maximum atomic E-state index is 5.77. The van der Waals surface area contributed by atoms with Gasteiger partial charge in [-0.25, -0.2) is 4.98 Å². The molecular formula is C11H15BrNNaOS. The van der Waals surface area contributed by atoms with Gasteiger partial charge < -0.3 is 4.74 Å². The van der Waals surface area contributed by atoms with Crippen LogP contribution in [0.15, 0.2) is 16.6 Å². The van der Waals surface area contributed by atoms with E-state index in [0.29, 0.717) is 6.10 Å². The van der Waals surface area contributed by atoms with Crippen molar-refractivity contribution in [1.82, 2.24) is 4.98 Å². The monoisotopic (exact) mass is 311 g/mol. The van der Waals surface area contributed by atoms with Crippen molar-refractivity contribution in [2.45, 2.75) is 31.1 Å². The number of hydrogen-bond donors (Lipinski definition) is 0. The fourth-order valence-corrected chi connectivity index (χ4v) is 2.60. The average Bonchev–Trinajstić information content (AvgIpc) is 2.16. The van der Waals surface area contributed by atoms with Crippen molar-refractivity contribution in [2.24, 2.45) is 0 Å². The van der Waals surface area contributed by atoms with Crippen molar-refractivity contribution in [3.63, 3.8) is 0 Å². The van der Waals surface area contributed by atoms with Gasteiger partial charge in [0.2, 0.25) is 5.88 Å². The number of halogens is 1. The minimum atomic E-state index is 0. The first-order valence-electron chi connectivity index (χ1n) is 5.01. The van der Waals surface area contributed by atoms with Crippen molar-refractivity contribution in [1.29, 1.82) is 0 Å². The first kappa shape index (κ1) is 14.8. The summed E-state index contributed by atoms with van der Waals surface area (Å²) in [5, 5.41) is 0.784. The van der Waals surface area contributed by atoms with Crippen molar-refractivity contribution < 1.29 is 4.74 Å². The Morgan fingerprint density at radius 1 is 1.44 bits per heavy atom. The standard InChI is InChI=1S/C11H14BrNOS.Na.H/c1-7-10(12)3-4-11(13-7)14-8-5-9(6-8)15-2;;/h3-4,8-9H,5-6H2,1-2H3;;. The molecule has 1 heterocycles. The quantitative estimate of drug-likeness (QED) is 0.801. The normalized spacial score (nSPS) is 23.2. The Morgan fingerprint density at radius 3 is 2.69 bits per heavy atom. The summed E-state index contributed by atoms with van der Waals surface area (Å²) in [6.07, 6.45) is 4.83. The predicted molar refractivity (Wildman–Crippen MR) is 74.8 cm³/mol.